The van der Waals surface area contributed by atoms with Crippen molar-refractivity contribution in [3.8, 4) is 0 Å². The van der Waals surface area contributed by atoms with Crippen molar-refractivity contribution < 1.29 is 4.79 Å². The number of rotatable bonds is 3. The predicted molar refractivity (Wildman–Crippen MR) is 86.0 cm³/mol. The number of nitrogens with one attached hydrogen (secondary N) is 1. The lowest BCUT2D eigenvalue weighted by Crippen LogP contribution is -2.54. The molecule has 0 spiro atoms. The van der Waals surface area contributed by atoms with Crippen LogP contribution in [0.4, 0.5) is 0 Å². The molecule has 2 unspecified atom stereocenters. The monoisotopic (exact) mass is 302 g/mol. The number of amides is 1. The highest BCUT2D eigenvalue weighted by Gasteiger charge is 2.38. The summed E-state index contributed by atoms with van der Waals surface area (Å²) in [6.07, 6.45) is 10.4. The van der Waals surface area contributed by atoms with Gasteiger partial charge in [0.2, 0.25) is 5.91 Å². The van der Waals surface area contributed by atoms with E-state index >= 15 is 0 Å². The Morgan fingerprint density at radius 1 is 1.20 bits per heavy atom. The highest BCUT2D eigenvalue weighted by atomic mass is 35.5. The molecule has 0 aromatic carbocycles. The normalized spacial score (nSPS) is 37.9. The van der Waals surface area contributed by atoms with Crippen LogP contribution in [0.25, 0.3) is 0 Å². The van der Waals surface area contributed by atoms with Crippen molar-refractivity contribution in [1.29, 1.82) is 0 Å². The van der Waals surface area contributed by atoms with E-state index in [1.54, 1.807) is 0 Å². The largest absolute Gasteiger partial charge is 0.353 e. The lowest BCUT2D eigenvalue weighted by molar-refractivity contribution is -0.129. The van der Waals surface area contributed by atoms with E-state index in [2.05, 4.69) is 12.2 Å². The van der Waals surface area contributed by atoms with Crippen LogP contribution < -0.4 is 11.1 Å². The summed E-state index contributed by atoms with van der Waals surface area (Å²) in [4.78, 5) is 12.4. The van der Waals surface area contributed by atoms with E-state index in [4.69, 9.17) is 5.73 Å². The van der Waals surface area contributed by atoms with Crippen molar-refractivity contribution in [2.75, 3.05) is 0 Å². The number of hydrogen-bond acceptors (Lipinski definition) is 2. The average molecular weight is 303 g/mol. The zero-order valence-electron chi connectivity index (χ0n) is 13.0. The number of hydrogen-bond donors (Lipinski definition) is 2. The number of carbonyl (C=O) groups is 1. The van der Waals surface area contributed by atoms with E-state index in [1.165, 1.54) is 25.7 Å². The van der Waals surface area contributed by atoms with Gasteiger partial charge in [-0.3, -0.25) is 4.79 Å². The van der Waals surface area contributed by atoms with Crippen molar-refractivity contribution >= 4 is 18.3 Å². The zero-order chi connectivity index (χ0) is 13.9. The molecule has 0 aromatic rings. The molecule has 2 saturated carbocycles. The fourth-order valence-corrected chi connectivity index (χ4v) is 3.81. The van der Waals surface area contributed by atoms with Gasteiger partial charge in [0.1, 0.15) is 0 Å². The maximum Gasteiger partial charge on any atom is 0.225 e. The lowest BCUT2D eigenvalue weighted by Gasteiger charge is -2.38. The van der Waals surface area contributed by atoms with Crippen LogP contribution in [-0.4, -0.2) is 17.5 Å². The Bertz CT molecular complexity index is 312. The average Bonchev–Trinajstić information content (AvgIpc) is 2.39. The molecule has 2 fully saturated rings. The third-order valence-electron chi connectivity index (χ3n) is 5.34. The molecule has 1 amide bonds. The fourth-order valence-electron chi connectivity index (χ4n) is 3.81. The number of carbonyl (C=O) groups excluding carboxylic acids is 1. The van der Waals surface area contributed by atoms with E-state index in [1.807, 2.05) is 6.92 Å². The smallest absolute Gasteiger partial charge is 0.225 e. The van der Waals surface area contributed by atoms with Crippen LogP contribution in [0.1, 0.15) is 71.6 Å². The summed E-state index contributed by atoms with van der Waals surface area (Å²) in [5.41, 5.74) is 6.01. The molecule has 0 bridgehead atoms. The molecule has 0 saturated heterocycles. The minimum absolute atomic E-state index is 0. The molecular formula is C16H31ClN2O. The summed E-state index contributed by atoms with van der Waals surface area (Å²) in [5.74, 6) is 1.11. The molecule has 3 nitrogen and oxygen atoms in total. The van der Waals surface area contributed by atoms with Crippen molar-refractivity contribution in [3.05, 3.63) is 0 Å². The van der Waals surface area contributed by atoms with Crippen molar-refractivity contribution in [3.63, 3.8) is 0 Å². The summed E-state index contributed by atoms with van der Waals surface area (Å²) < 4.78 is 0. The highest BCUT2D eigenvalue weighted by molar-refractivity contribution is 5.85. The van der Waals surface area contributed by atoms with Crippen molar-refractivity contribution in [2.24, 2.45) is 17.6 Å². The second-order valence-electron chi connectivity index (χ2n) is 6.94. The van der Waals surface area contributed by atoms with Gasteiger partial charge in [-0.15, -0.1) is 12.4 Å². The van der Waals surface area contributed by atoms with Crippen LogP contribution in [0.15, 0.2) is 0 Å². The van der Waals surface area contributed by atoms with Crippen LogP contribution in [0, 0.1) is 11.8 Å². The van der Waals surface area contributed by atoms with Gasteiger partial charge in [0.05, 0.1) is 5.92 Å². The van der Waals surface area contributed by atoms with Gasteiger partial charge in [-0.2, -0.15) is 0 Å². The molecule has 4 heteroatoms. The summed E-state index contributed by atoms with van der Waals surface area (Å²) in [6, 6.07) is 0.396. The Kier molecular flexibility index (Phi) is 6.80. The summed E-state index contributed by atoms with van der Waals surface area (Å²) in [7, 11) is 0. The Hall–Kier alpha value is -0.280. The Labute approximate surface area is 129 Å². The van der Waals surface area contributed by atoms with Gasteiger partial charge in [-0.05, 0) is 51.4 Å². The molecule has 3 N–H and O–H groups in total. The van der Waals surface area contributed by atoms with Crippen LogP contribution in [0.2, 0.25) is 0 Å². The van der Waals surface area contributed by atoms with Gasteiger partial charge in [0, 0.05) is 11.6 Å². The topological polar surface area (TPSA) is 55.1 Å². The number of nitrogens with two attached hydrogens (primary N) is 1. The second kappa shape index (κ2) is 7.65. The third-order valence-corrected chi connectivity index (χ3v) is 5.34. The molecule has 2 aliphatic carbocycles. The van der Waals surface area contributed by atoms with Gasteiger partial charge < -0.3 is 11.1 Å². The molecule has 20 heavy (non-hydrogen) atoms. The van der Waals surface area contributed by atoms with Crippen LogP contribution in [-0.2, 0) is 4.79 Å². The Balaban J connectivity index is 0.00000200. The summed E-state index contributed by atoms with van der Waals surface area (Å²) >= 11 is 0. The quantitative estimate of drug-likeness (QED) is 0.839. The molecule has 2 atom stereocenters. The van der Waals surface area contributed by atoms with E-state index in [9.17, 15) is 4.79 Å². The van der Waals surface area contributed by atoms with Gasteiger partial charge in [0.15, 0.2) is 0 Å². The highest BCUT2D eigenvalue weighted by Crippen LogP contribution is 2.32. The first-order valence-electron chi connectivity index (χ1n) is 8.12. The van der Waals surface area contributed by atoms with E-state index in [-0.39, 0.29) is 29.8 Å². The van der Waals surface area contributed by atoms with Crippen molar-refractivity contribution in [2.45, 2.75) is 83.2 Å². The molecule has 0 radical (unpaired) electrons. The molecular weight excluding hydrogens is 272 g/mol. The Morgan fingerprint density at radius 3 is 2.40 bits per heavy atom. The minimum atomic E-state index is -0.303. The second-order valence-corrected chi connectivity index (χ2v) is 6.94. The van der Waals surface area contributed by atoms with E-state index in [0.717, 1.165) is 38.0 Å². The number of halogens is 1. The lowest BCUT2D eigenvalue weighted by atomic mass is 9.74. The van der Waals surface area contributed by atoms with E-state index < -0.39 is 0 Å². The molecule has 2 rings (SSSR count). The summed E-state index contributed by atoms with van der Waals surface area (Å²) in [6.45, 7) is 4.32. The summed E-state index contributed by atoms with van der Waals surface area (Å²) in [5, 5.41) is 3.27. The maximum atomic E-state index is 12.4. The van der Waals surface area contributed by atoms with Gasteiger partial charge in [-0.1, -0.05) is 26.2 Å². The molecule has 0 heterocycles. The first-order chi connectivity index (χ1) is 9.03. The Morgan fingerprint density at radius 2 is 1.85 bits per heavy atom. The SMILES string of the molecule is CCC1CCC(NC(=O)C2CCCCC2(C)N)CC1.Cl. The van der Waals surface area contributed by atoms with Crippen LogP contribution in [0.3, 0.4) is 0 Å². The predicted octanol–water partition coefficient (Wildman–Crippen LogP) is 3.40. The first-order valence-corrected chi connectivity index (χ1v) is 8.12. The first kappa shape index (κ1) is 17.8. The standard InChI is InChI=1S/C16H30N2O.ClH/c1-3-12-7-9-13(10-8-12)18-15(19)14-6-4-5-11-16(14,2)17;/h12-14H,3-11,17H2,1-2H3,(H,18,19);1H. The van der Waals surface area contributed by atoms with Crippen LogP contribution in [0.5, 0.6) is 0 Å². The van der Waals surface area contributed by atoms with Gasteiger partial charge in [0.25, 0.3) is 0 Å². The van der Waals surface area contributed by atoms with Gasteiger partial charge in [-0.25, -0.2) is 0 Å². The molecule has 118 valence electrons. The minimum Gasteiger partial charge on any atom is -0.353 e. The van der Waals surface area contributed by atoms with E-state index in [0.29, 0.717) is 6.04 Å². The zero-order valence-corrected chi connectivity index (χ0v) is 13.8. The molecule has 0 aliphatic heterocycles. The third kappa shape index (κ3) is 4.36. The van der Waals surface area contributed by atoms with Crippen LogP contribution >= 0.6 is 12.4 Å². The molecule has 0 aromatic heterocycles. The van der Waals surface area contributed by atoms with Crippen molar-refractivity contribution in [1.82, 2.24) is 5.32 Å². The maximum absolute atomic E-state index is 12.4. The van der Waals surface area contributed by atoms with Gasteiger partial charge >= 0.3 is 0 Å². The molecule has 2 aliphatic rings. The fraction of sp³-hybridized carbons (Fsp3) is 0.938.